The molecule has 4 rings (SSSR count). The molecule has 0 fully saturated rings. The van der Waals surface area contributed by atoms with Gasteiger partial charge in [-0.2, -0.15) is 0 Å². The molecular weight excluding hydrogens is 432 g/mol. The van der Waals surface area contributed by atoms with E-state index in [1.165, 1.54) is 12.1 Å². The lowest BCUT2D eigenvalue weighted by atomic mass is 9.96. The summed E-state index contributed by atoms with van der Waals surface area (Å²) in [6, 6.07) is 12.8. The summed E-state index contributed by atoms with van der Waals surface area (Å²) in [7, 11) is -3.40. The van der Waals surface area contributed by atoms with Crippen LogP contribution in [0.15, 0.2) is 48.5 Å². The number of carbonyl (C=O) groups excluding carboxylic acids is 3. The molecule has 32 heavy (non-hydrogen) atoms. The number of para-hydroxylation sites is 1. The number of rotatable bonds is 7. The van der Waals surface area contributed by atoms with Gasteiger partial charge in [-0.1, -0.05) is 30.3 Å². The van der Waals surface area contributed by atoms with Gasteiger partial charge in [0.05, 0.1) is 23.5 Å². The molecule has 0 aliphatic carbocycles. The monoisotopic (exact) mass is 456 g/mol. The molecule has 2 atom stereocenters. The number of fused-ring (bicyclic) bond motifs is 2. The Morgan fingerprint density at radius 2 is 1.72 bits per heavy atom. The Labute approximate surface area is 186 Å². The molecular formula is C23H24N2O6S. The van der Waals surface area contributed by atoms with Crippen LogP contribution >= 0.6 is 0 Å². The molecule has 9 heteroatoms. The molecule has 0 bridgehead atoms. The van der Waals surface area contributed by atoms with Gasteiger partial charge in [0.15, 0.2) is 0 Å². The molecule has 2 heterocycles. The Balaban J connectivity index is 1.49. The first-order chi connectivity index (χ1) is 15.2. The number of nitrogens with one attached hydrogen (secondary N) is 1. The van der Waals surface area contributed by atoms with Gasteiger partial charge in [0, 0.05) is 18.7 Å². The normalized spacial score (nSPS) is 18.5. The van der Waals surface area contributed by atoms with E-state index in [1.807, 2.05) is 24.3 Å². The van der Waals surface area contributed by atoms with Crippen molar-refractivity contribution in [2.75, 3.05) is 25.2 Å². The lowest BCUT2D eigenvalue weighted by Gasteiger charge is -2.28. The highest BCUT2D eigenvalue weighted by molar-refractivity contribution is 7.90. The average molecular weight is 457 g/mol. The number of nitrogens with zero attached hydrogens (tertiary/aromatic N) is 1. The average Bonchev–Trinajstić information content (AvgIpc) is 3.02. The maximum Gasteiger partial charge on any atom is 0.262 e. The molecule has 168 valence electrons. The van der Waals surface area contributed by atoms with E-state index in [-0.39, 0.29) is 35.8 Å². The predicted molar refractivity (Wildman–Crippen MR) is 117 cm³/mol. The van der Waals surface area contributed by atoms with Gasteiger partial charge in [0.2, 0.25) is 5.91 Å². The second kappa shape index (κ2) is 8.74. The fourth-order valence-electron chi connectivity index (χ4n) is 4.08. The summed E-state index contributed by atoms with van der Waals surface area (Å²) < 4.78 is 29.2. The largest absolute Gasteiger partial charge is 0.493 e. The molecule has 8 nitrogen and oxygen atoms in total. The van der Waals surface area contributed by atoms with Gasteiger partial charge in [-0.15, -0.1) is 0 Å². The van der Waals surface area contributed by atoms with Crippen LogP contribution in [0.3, 0.4) is 0 Å². The first-order valence-corrected chi connectivity index (χ1v) is 12.4. The third-order valence-corrected chi connectivity index (χ3v) is 6.70. The van der Waals surface area contributed by atoms with Crippen molar-refractivity contribution in [2.45, 2.75) is 18.9 Å². The number of ether oxygens (including phenoxy) is 1. The summed E-state index contributed by atoms with van der Waals surface area (Å²) in [5.74, 6) is -1.21. The van der Waals surface area contributed by atoms with E-state index in [2.05, 4.69) is 5.32 Å². The Morgan fingerprint density at radius 1 is 1.09 bits per heavy atom. The molecule has 2 aromatic rings. The number of hydrogen-bond acceptors (Lipinski definition) is 6. The van der Waals surface area contributed by atoms with Crippen molar-refractivity contribution in [3.8, 4) is 5.75 Å². The number of benzene rings is 2. The molecule has 2 aromatic carbocycles. The Bertz CT molecular complexity index is 1140. The molecule has 0 saturated heterocycles. The van der Waals surface area contributed by atoms with E-state index in [9.17, 15) is 22.8 Å². The maximum absolute atomic E-state index is 13.1. The van der Waals surface area contributed by atoms with Crippen molar-refractivity contribution in [1.82, 2.24) is 10.2 Å². The number of sulfone groups is 1. The minimum atomic E-state index is -3.40. The van der Waals surface area contributed by atoms with Crippen LogP contribution in [0.1, 0.15) is 32.7 Å². The number of carbonyl (C=O) groups is 3. The van der Waals surface area contributed by atoms with E-state index >= 15 is 0 Å². The molecule has 0 aromatic heterocycles. The van der Waals surface area contributed by atoms with E-state index in [4.69, 9.17) is 4.74 Å². The molecule has 0 radical (unpaired) electrons. The maximum atomic E-state index is 13.1. The van der Waals surface area contributed by atoms with Crippen LogP contribution in [0, 0.1) is 5.92 Å². The van der Waals surface area contributed by atoms with Gasteiger partial charge >= 0.3 is 0 Å². The van der Waals surface area contributed by atoms with E-state index in [1.54, 1.807) is 12.1 Å². The van der Waals surface area contributed by atoms with Gasteiger partial charge in [-0.25, -0.2) is 8.42 Å². The van der Waals surface area contributed by atoms with Crippen molar-refractivity contribution in [3.63, 3.8) is 0 Å². The summed E-state index contributed by atoms with van der Waals surface area (Å²) in [5, 5.41) is 2.80. The number of imide groups is 1. The van der Waals surface area contributed by atoms with E-state index < -0.39 is 33.6 Å². The van der Waals surface area contributed by atoms with Crippen molar-refractivity contribution in [3.05, 3.63) is 65.2 Å². The fraction of sp³-hybridized carbons (Fsp3) is 0.348. The molecule has 3 amide bonds. The van der Waals surface area contributed by atoms with Crippen molar-refractivity contribution in [2.24, 2.45) is 5.92 Å². The smallest absolute Gasteiger partial charge is 0.262 e. The SMILES string of the molecule is CS(=O)(=O)CC[C@H](C(=O)NC[C@H]1COc2ccccc2C1)N1C(=O)c2ccccc2C1=O. The van der Waals surface area contributed by atoms with Crippen LogP contribution in [-0.2, 0) is 21.1 Å². The highest BCUT2D eigenvalue weighted by atomic mass is 32.2. The van der Waals surface area contributed by atoms with Gasteiger partial charge in [0.25, 0.3) is 11.8 Å². The summed E-state index contributed by atoms with van der Waals surface area (Å²) in [6.07, 6.45) is 1.61. The zero-order valence-electron chi connectivity index (χ0n) is 17.6. The molecule has 0 spiro atoms. The second-order valence-corrected chi connectivity index (χ2v) is 10.5. The third kappa shape index (κ3) is 4.52. The number of hydrogen-bond donors (Lipinski definition) is 1. The summed E-state index contributed by atoms with van der Waals surface area (Å²) in [5.41, 5.74) is 1.48. The van der Waals surface area contributed by atoms with Gasteiger partial charge in [-0.05, 0) is 36.6 Å². The quantitative estimate of drug-likeness (QED) is 0.632. The Hall–Kier alpha value is -3.20. The van der Waals surface area contributed by atoms with Crippen LogP contribution in [0.5, 0.6) is 5.75 Å². The van der Waals surface area contributed by atoms with Crippen molar-refractivity contribution < 1.29 is 27.5 Å². The van der Waals surface area contributed by atoms with E-state index in [0.29, 0.717) is 6.61 Å². The second-order valence-electron chi connectivity index (χ2n) is 8.19. The van der Waals surface area contributed by atoms with Crippen molar-refractivity contribution in [1.29, 1.82) is 0 Å². The lowest BCUT2D eigenvalue weighted by Crippen LogP contribution is -2.51. The molecule has 0 unspecified atom stereocenters. The highest BCUT2D eigenvalue weighted by Crippen LogP contribution is 2.28. The van der Waals surface area contributed by atoms with Crippen molar-refractivity contribution >= 4 is 27.6 Å². The molecule has 2 aliphatic rings. The number of amides is 3. The molecule has 1 N–H and O–H groups in total. The zero-order chi connectivity index (χ0) is 22.9. The zero-order valence-corrected chi connectivity index (χ0v) is 18.4. The fourth-order valence-corrected chi connectivity index (χ4v) is 4.73. The summed E-state index contributed by atoms with van der Waals surface area (Å²) >= 11 is 0. The minimum absolute atomic E-state index is 0.0200. The highest BCUT2D eigenvalue weighted by Gasteiger charge is 2.42. The van der Waals surface area contributed by atoms with Crippen LogP contribution in [0.4, 0.5) is 0 Å². The topological polar surface area (TPSA) is 110 Å². The van der Waals surface area contributed by atoms with Gasteiger partial charge < -0.3 is 10.1 Å². The predicted octanol–water partition coefficient (Wildman–Crippen LogP) is 1.45. The van der Waals surface area contributed by atoms with Crippen LogP contribution in [0.25, 0.3) is 0 Å². The van der Waals surface area contributed by atoms with Crippen LogP contribution < -0.4 is 10.1 Å². The minimum Gasteiger partial charge on any atom is -0.493 e. The van der Waals surface area contributed by atoms with Gasteiger partial charge in [0.1, 0.15) is 21.6 Å². The first kappa shape index (κ1) is 22.0. The Morgan fingerprint density at radius 3 is 2.38 bits per heavy atom. The third-order valence-electron chi connectivity index (χ3n) is 5.72. The summed E-state index contributed by atoms with van der Waals surface area (Å²) in [6.45, 7) is 0.712. The summed E-state index contributed by atoms with van der Waals surface area (Å²) in [4.78, 5) is 39.7. The van der Waals surface area contributed by atoms with E-state index in [0.717, 1.165) is 28.9 Å². The first-order valence-electron chi connectivity index (χ1n) is 10.4. The molecule has 2 aliphatic heterocycles. The lowest BCUT2D eigenvalue weighted by molar-refractivity contribution is -0.125. The standard InChI is InChI=1S/C23H24N2O6S/c1-32(29,30)11-10-19(25-22(27)17-7-3-4-8-18(17)23(25)28)21(26)24-13-15-12-16-6-2-5-9-20(16)31-14-15/h2-9,15,19H,10-14H2,1H3,(H,24,26)/t15-,19+/m0/s1. The molecule has 0 saturated carbocycles. The van der Waals surface area contributed by atoms with Gasteiger partial charge in [-0.3, -0.25) is 19.3 Å². The Kier molecular flexibility index (Phi) is 6.01. The van der Waals surface area contributed by atoms with Crippen LogP contribution in [-0.4, -0.2) is 62.2 Å². The van der Waals surface area contributed by atoms with Crippen LogP contribution in [0.2, 0.25) is 0 Å².